The van der Waals surface area contributed by atoms with E-state index < -0.39 is 35.5 Å². The highest BCUT2D eigenvalue weighted by Crippen LogP contribution is 2.25. The number of esters is 1. The Labute approximate surface area is 258 Å². The van der Waals surface area contributed by atoms with Gasteiger partial charge in [-0.2, -0.15) is 0 Å². The van der Waals surface area contributed by atoms with Crippen LogP contribution in [0.4, 0.5) is 5.82 Å². The van der Waals surface area contributed by atoms with Crippen molar-refractivity contribution in [2.45, 2.75) is 77.5 Å². The number of benzene rings is 1. The van der Waals surface area contributed by atoms with Crippen molar-refractivity contribution in [1.82, 2.24) is 31.5 Å². The van der Waals surface area contributed by atoms with Crippen LogP contribution in [-0.4, -0.2) is 79.1 Å². The van der Waals surface area contributed by atoms with Crippen LogP contribution in [0, 0.1) is 5.41 Å². The molecule has 0 aliphatic carbocycles. The number of aromatic nitrogens is 1. The Morgan fingerprint density at radius 1 is 1.07 bits per heavy atom. The van der Waals surface area contributed by atoms with Gasteiger partial charge in [-0.15, -0.1) is 0 Å². The summed E-state index contributed by atoms with van der Waals surface area (Å²) in [5, 5.41) is 9.70. The molecule has 1 saturated heterocycles. The number of pyridine rings is 1. The van der Waals surface area contributed by atoms with Crippen molar-refractivity contribution in [1.29, 1.82) is 0 Å². The number of cyclic esters (lactones) is 1. The van der Waals surface area contributed by atoms with Gasteiger partial charge in [0.05, 0.1) is 10.9 Å². The zero-order valence-electron chi connectivity index (χ0n) is 26.3. The number of nitrogens with zero attached hydrogens (tertiary/aromatic N) is 3. The molecule has 4 N–H and O–H groups in total. The molecule has 3 heterocycles. The minimum absolute atomic E-state index is 0.307. The molecule has 44 heavy (non-hydrogen) atoms. The molecule has 1 fully saturated rings. The van der Waals surface area contributed by atoms with Crippen LogP contribution in [-0.2, 0) is 23.9 Å². The number of fused-ring (bicyclic) bond motifs is 4. The van der Waals surface area contributed by atoms with Crippen LogP contribution in [0.5, 0.6) is 0 Å². The number of carbonyl (C=O) groups is 4. The molecule has 0 spiro atoms. The Morgan fingerprint density at radius 2 is 1.84 bits per heavy atom. The first-order valence-electron chi connectivity index (χ1n) is 15.4. The first-order valence-corrected chi connectivity index (χ1v) is 15.4. The van der Waals surface area contributed by atoms with Gasteiger partial charge in [-0.3, -0.25) is 34.6 Å². The number of nitrogens with one attached hydrogen (secondary N) is 4. The van der Waals surface area contributed by atoms with Crippen LogP contribution < -0.4 is 26.5 Å². The molecule has 238 valence electrons. The van der Waals surface area contributed by atoms with Crippen LogP contribution in [0.2, 0.25) is 0 Å². The van der Waals surface area contributed by atoms with Gasteiger partial charge >= 0.3 is 5.97 Å². The summed E-state index contributed by atoms with van der Waals surface area (Å²) in [6, 6.07) is 7.96. The standard InChI is InChI=1S/C32H45N7O5/c1-21-30(42)39-19-9-10-24(36-39)28(40)37-38(5)27-15-14-23-13-12-22(20-25(23)35-27)16-17-32(2,3)31(43)44-26(29(41)34-21)11-7-6-8-18-33-4/h12-17,20-21,24,26,33,36H,6-11,18-19H2,1-5H3,(H,34,41)(H,37,40)/b17-16+. The summed E-state index contributed by atoms with van der Waals surface area (Å²) < 4.78 is 5.82. The van der Waals surface area contributed by atoms with E-state index in [0.717, 1.165) is 30.3 Å². The summed E-state index contributed by atoms with van der Waals surface area (Å²) in [6.07, 6.45) is 6.46. The number of hydrogen-bond donors (Lipinski definition) is 4. The number of rotatable bonds is 6. The summed E-state index contributed by atoms with van der Waals surface area (Å²) in [7, 11) is 3.59. The van der Waals surface area contributed by atoms with Crippen molar-refractivity contribution in [2.75, 3.05) is 32.2 Å². The second-order valence-electron chi connectivity index (χ2n) is 12.1. The number of hydrazine groups is 2. The lowest BCUT2D eigenvalue weighted by Crippen LogP contribution is -2.62. The summed E-state index contributed by atoms with van der Waals surface area (Å²) in [5.41, 5.74) is 6.39. The number of amides is 3. The molecule has 12 nitrogen and oxygen atoms in total. The van der Waals surface area contributed by atoms with E-state index in [9.17, 15) is 19.2 Å². The third kappa shape index (κ3) is 8.32. The molecular weight excluding hydrogens is 562 g/mol. The zero-order chi connectivity index (χ0) is 31.9. The Morgan fingerprint density at radius 3 is 2.61 bits per heavy atom. The molecule has 0 saturated carbocycles. The number of carbonyl (C=O) groups excluding carboxylic acids is 4. The van der Waals surface area contributed by atoms with Crippen LogP contribution in [0.25, 0.3) is 17.0 Å². The minimum atomic E-state index is -1.05. The van der Waals surface area contributed by atoms with E-state index in [1.54, 1.807) is 38.9 Å². The maximum atomic E-state index is 13.4. The molecule has 5 bridgehead atoms. The number of unbranched alkanes of at least 4 members (excludes halogenated alkanes) is 2. The van der Waals surface area contributed by atoms with Gasteiger partial charge in [0.1, 0.15) is 17.9 Å². The largest absolute Gasteiger partial charge is 0.452 e. The molecule has 2 aliphatic rings. The van der Waals surface area contributed by atoms with Gasteiger partial charge in [0.15, 0.2) is 6.10 Å². The fraction of sp³-hybridized carbons (Fsp3) is 0.531. The third-order valence-electron chi connectivity index (χ3n) is 7.97. The Hall–Kier alpha value is -4.03. The lowest BCUT2D eigenvalue weighted by molar-refractivity contribution is -0.163. The Kier molecular flexibility index (Phi) is 10.9. The van der Waals surface area contributed by atoms with Crippen LogP contribution in [0.15, 0.2) is 36.4 Å². The van der Waals surface area contributed by atoms with E-state index in [0.29, 0.717) is 43.6 Å². The van der Waals surface area contributed by atoms with E-state index in [-0.39, 0.29) is 11.8 Å². The van der Waals surface area contributed by atoms with Crippen LogP contribution in [0.3, 0.4) is 0 Å². The first kappa shape index (κ1) is 32.9. The molecule has 2 aromatic rings. The summed E-state index contributed by atoms with van der Waals surface area (Å²) in [4.78, 5) is 58.1. The van der Waals surface area contributed by atoms with Crippen molar-refractivity contribution < 1.29 is 23.9 Å². The highest BCUT2D eigenvalue weighted by atomic mass is 16.5. The van der Waals surface area contributed by atoms with Crippen LogP contribution in [0.1, 0.15) is 64.9 Å². The monoisotopic (exact) mass is 607 g/mol. The maximum Gasteiger partial charge on any atom is 0.316 e. The molecule has 3 atom stereocenters. The van der Waals surface area contributed by atoms with Gasteiger partial charge in [-0.05, 0) is 90.2 Å². The predicted molar refractivity (Wildman–Crippen MR) is 169 cm³/mol. The van der Waals surface area contributed by atoms with E-state index in [2.05, 4.69) is 21.5 Å². The van der Waals surface area contributed by atoms with Crippen molar-refractivity contribution in [3.05, 3.63) is 42.0 Å². The van der Waals surface area contributed by atoms with Crippen molar-refractivity contribution in [3.8, 4) is 0 Å². The van der Waals surface area contributed by atoms with Gasteiger partial charge in [0.2, 0.25) is 0 Å². The predicted octanol–water partition coefficient (Wildman–Crippen LogP) is 2.45. The van der Waals surface area contributed by atoms with E-state index in [4.69, 9.17) is 9.72 Å². The van der Waals surface area contributed by atoms with Crippen molar-refractivity contribution in [2.24, 2.45) is 5.41 Å². The average Bonchev–Trinajstić information content (AvgIpc) is 3.01. The minimum Gasteiger partial charge on any atom is -0.452 e. The van der Waals surface area contributed by atoms with E-state index >= 15 is 0 Å². The first-order chi connectivity index (χ1) is 21.0. The SMILES string of the molecule is CNCCCCCC1OC(=O)C(C)(C)/C=C/c2ccc3ccc(nc3c2)N(C)NC(=O)C2CCCN(N2)C(=O)C(C)NC1=O. The summed E-state index contributed by atoms with van der Waals surface area (Å²) >= 11 is 0. The van der Waals surface area contributed by atoms with Gasteiger partial charge in [-0.25, -0.2) is 10.4 Å². The number of ether oxygens (including phenoxy) is 1. The number of anilines is 1. The quantitative estimate of drug-likeness (QED) is 0.287. The van der Waals surface area contributed by atoms with Gasteiger partial charge in [-0.1, -0.05) is 30.7 Å². The van der Waals surface area contributed by atoms with Gasteiger partial charge in [0, 0.05) is 19.0 Å². The van der Waals surface area contributed by atoms with Gasteiger partial charge in [0.25, 0.3) is 17.7 Å². The molecule has 2 aliphatic heterocycles. The van der Waals surface area contributed by atoms with E-state index in [1.807, 2.05) is 43.5 Å². The zero-order valence-corrected chi connectivity index (χ0v) is 26.3. The topological polar surface area (TPSA) is 145 Å². The molecular formula is C32H45N7O5. The summed E-state index contributed by atoms with van der Waals surface area (Å²) in [5.74, 6) is -1.22. The molecule has 0 radical (unpaired) electrons. The molecule has 1 aromatic heterocycles. The average molecular weight is 608 g/mol. The smallest absolute Gasteiger partial charge is 0.316 e. The second-order valence-corrected chi connectivity index (χ2v) is 12.1. The lowest BCUT2D eigenvalue weighted by atomic mass is 9.92. The van der Waals surface area contributed by atoms with E-state index in [1.165, 1.54) is 5.01 Å². The molecule has 3 unspecified atom stereocenters. The van der Waals surface area contributed by atoms with Crippen molar-refractivity contribution in [3.63, 3.8) is 0 Å². The molecule has 1 aromatic carbocycles. The fourth-order valence-electron chi connectivity index (χ4n) is 5.16. The molecule has 4 rings (SSSR count). The Balaban J connectivity index is 1.65. The third-order valence-corrected chi connectivity index (χ3v) is 7.97. The second kappa shape index (κ2) is 14.6. The molecule has 12 heteroatoms. The van der Waals surface area contributed by atoms with Crippen molar-refractivity contribution >= 4 is 46.5 Å². The fourth-order valence-corrected chi connectivity index (χ4v) is 5.16. The number of hydrogen-bond acceptors (Lipinski definition) is 9. The normalized spacial score (nSPS) is 24.1. The molecule has 3 amide bonds. The Bertz CT molecular complexity index is 1390. The maximum absolute atomic E-state index is 13.4. The highest BCUT2D eigenvalue weighted by Gasteiger charge is 2.35. The van der Waals surface area contributed by atoms with Crippen LogP contribution >= 0.6 is 0 Å². The highest BCUT2D eigenvalue weighted by molar-refractivity contribution is 5.91. The lowest BCUT2D eigenvalue weighted by Gasteiger charge is -2.35. The summed E-state index contributed by atoms with van der Waals surface area (Å²) in [6.45, 7) is 6.30. The van der Waals surface area contributed by atoms with Gasteiger partial charge < -0.3 is 15.4 Å².